The second kappa shape index (κ2) is 7.01. The SMILES string of the molecule is O=C(Nc1cccc(Cl)c1)OC(C(=O)O)(C(=O)O)c1ccccc1. The normalized spacial score (nSPS) is 10.7. The molecule has 0 radical (unpaired) electrons. The minimum absolute atomic E-state index is 0.203. The number of carboxylic acids is 2. The van der Waals surface area contributed by atoms with E-state index in [9.17, 15) is 24.6 Å². The Kier molecular flexibility index (Phi) is 5.05. The van der Waals surface area contributed by atoms with E-state index in [0.29, 0.717) is 5.02 Å². The fourth-order valence-electron chi connectivity index (χ4n) is 2.01. The van der Waals surface area contributed by atoms with Crippen molar-refractivity contribution in [2.45, 2.75) is 5.60 Å². The van der Waals surface area contributed by atoms with Crippen LogP contribution in [0.15, 0.2) is 54.6 Å². The summed E-state index contributed by atoms with van der Waals surface area (Å²) in [4.78, 5) is 35.2. The molecule has 0 unspecified atom stereocenters. The maximum absolute atomic E-state index is 12.0. The predicted octanol–water partition coefficient (Wildman–Crippen LogP) is 2.95. The maximum atomic E-state index is 12.0. The molecular formula is C16H12ClNO6. The number of carbonyl (C=O) groups excluding carboxylic acids is 1. The summed E-state index contributed by atoms with van der Waals surface area (Å²) in [7, 11) is 0. The molecule has 2 aromatic rings. The molecule has 1 amide bonds. The summed E-state index contributed by atoms with van der Waals surface area (Å²) in [6.45, 7) is 0. The number of nitrogens with one attached hydrogen (secondary N) is 1. The van der Waals surface area contributed by atoms with Crippen LogP contribution in [0.1, 0.15) is 5.56 Å². The highest BCUT2D eigenvalue weighted by Gasteiger charge is 2.53. The second-order valence-corrected chi connectivity index (χ2v) is 5.12. The van der Waals surface area contributed by atoms with E-state index in [0.717, 1.165) is 0 Å². The number of hydrogen-bond donors (Lipinski definition) is 3. The number of hydrogen-bond acceptors (Lipinski definition) is 4. The lowest BCUT2D eigenvalue weighted by Gasteiger charge is -2.25. The quantitative estimate of drug-likeness (QED) is 0.715. The Hall–Kier alpha value is -3.06. The van der Waals surface area contributed by atoms with Gasteiger partial charge < -0.3 is 14.9 Å². The monoisotopic (exact) mass is 349 g/mol. The van der Waals surface area contributed by atoms with Crippen molar-refractivity contribution in [1.29, 1.82) is 0 Å². The van der Waals surface area contributed by atoms with Crippen molar-refractivity contribution < 1.29 is 29.3 Å². The van der Waals surface area contributed by atoms with Gasteiger partial charge in [-0.1, -0.05) is 48.0 Å². The standard InChI is InChI=1S/C16H12ClNO6/c17-11-7-4-8-12(9-11)18-15(23)24-16(13(19)20,14(21)22)10-5-2-1-3-6-10/h1-9H,(H,18,23)(H,19,20)(H,21,22). The number of benzene rings is 2. The van der Waals surface area contributed by atoms with Crippen LogP contribution in [0.2, 0.25) is 5.02 Å². The third kappa shape index (κ3) is 3.47. The van der Waals surface area contributed by atoms with Gasteiger partial charge in [-0.3, -0.25) is 5.32 Å². The number of ether oxygens (including phenoxy) is 1. The van der Waals surface area contributed by atoms with Crippen LogP contribution in [0.4, 0.5) is 10.5 Å². The zero-order valence-electron chi connectivity index (χ0n) is 12.1. The minimum Gasteiger partial charge on any atom is -0.478 e. The molecule has 0 aromatic heterocycles. The lowest BCUT2D eigenvalue weighted by Crippen LogP contribution is -2.48. The topological polar surface area (TPSA) is 113 Å². The maximum Gasteiger partial charge on any atom is 0.413 e. The first-order valence-corrected chi connectivity index (χ1v) is 7.02. The molecule has 0 fully saturated rings. The molecule has 0 aliphatic heterocycles. The van der Waals surface area contributed by atoms with Crippen LogP contribution in [0.3, 0.4) is 0 Å². The molecule has 0 aliphatic rings. The summed E-state index contributed by atoms with van der Waals surface area (Å²) in [6.07, 6.45) is -1.24. The molecule has 0 aliphatic carbocycles. The summed E-state index contributed by atoms with van der Waals surface area (Å²) >= 11 is 5.78. The number of rotatable bonds is 5. The van der Waals surface area contributed by atoms with Gasteiger partial charge in [0.1, 0.15) is 0 Å². The van der Waals surface area contributed by atoms with Crippen molar-refractivity contribution in [2.75, 3.05) is 5.32 Å². The van der Waals surface area contributed by atoms with Gasteiger partial charge in [0.05, 0.1) is 0 Å². The summed E-state index contributed by atoms with van der Waals surface area (Å²) in [5.41, 5.74) is -2.85. The first-order chi connectivity index (χ1) is 11.4. The van der Waals surface area contributed by atoms with Crippen molar-refractivity contribution in [3.8, 4) is 0 Å². The molecule has 0 atom stereocenters. The fourth-order valence-corrected chi connectivity index (χ4v) is 2.20. The number of aliphatic carboxylic acids is 2. The van der Waals surface area contributed by atoms with E-state index in [-0.39, 0.29) is 11.3 Å². The van der Waals surface area contributed by atoms with Crippen LogP contribution < -0.4 is 5.32 Å². The van der Waals surface area contributed by atoms with E-state index in [4.69, 9.17) is 16.3 Å². The average Bonchev–Trinajstić information content (AvgIpc) is 2.52. The largest absolute Gasteiger partial charge is 0.478 e. The van der Waals surface area contributed by atoms with Gasteiger partial charge in [-0.05, 0) is 18.2 Å². The van der Waals surface area contributed by atoms with Crippen molar-refractivity contribution in [3.05, 3.63) is 65.2 Å². The van der Waals surface area contributed by atoms with Crippen LogP contribution in [0.5, 0.6) is 0 Å². The Labute approximate surface area is 141 Å². The van der Waals surface area contributed by atoms with Crippen molar-refractivity contribution >= 4 is 35.3 Å². The fraction of sp³-hybridized carbons (Fsp3) is 0.0625. The molecule has 0 saturated carbocycles. The predicted molar refractivity (Wildman–Crippen MR) is 84.9 cm³/mol. The minimum atomic E-state index is -2.87. The first kappa shape index (κ1) is 17.3. The van der Waals surface area contributed by atoms with Crippen molar-refractivity contribution in [3.63, 3.8) is 0 Å². The van der Waals surface area contributed by atoms with E-state index in [1.807, 2.05) is 0 Å². The van der Waals surface area contributed by atoms with Crippen LogP contribution in [0, 0.1) is 0 Å². The molecule has 2 rings (SSSR count). The van der Waals surface area contributed by atoms with Crippen molar-refractivity contribution in [1.82, 2.24) is 0 Å². The van der Waals surface area contributed by atoms with Crippen LogP contribution >= 0.6 is 11.6 Å². The van der Waals surface area contributed by atoms with Gasteiger partial charge in [-0.25, -0.2) is 14.4 Å². The Morgan fingerprint density at radius 2 is 1.58 bits per heavy atom. The lowest BCUT2D eigenvalue weighted by molar-refractivity contribution is -0.176. The Morgan fingerprint density at radius 1 is 0.958 bits per heavy atom. The van der Waals surface area contributed by atoms with Gasteiger partial charge in [0.2, 0.25) is 0 Å². The van der Waals surface area contributed by atoms with E-state index in [2.05, 4.69) is 5.32 Å². The van der Waals surface area contributed by atoms with E-state index >= 15 is 0 Å². The van der Waals surface area contributed by atoms with Gasteiger partial charge in [0.25, 0.3) is 0 Å². The van der Waals surface area contributed by atoms with Gasteiger partial charge in [-0.2, -0.15) is 0 Å². The molecule has 0 spiro atoms. The first-order valence-electron chi connectivity index (χ1n) is 6.64. The Balaban J connectivity index is 2.34. The third-order valence-electron chi connectivity index (χ3n) is 3.10. The van der Waals surface area contributed by atoms with Crippen LogP contribution in [-0.4, -0.2) is 28.2 Å². The zero-order chi connectivity index (χ0) is 17.7. The highest BCUT2D eigenvalue weighted by Crippen LogP contribution is 2.28. The molecular weight excluding hydrogens is 338 g/mol. The molecule has 7 nitrogen and oxygen atoms in total. The lowest BCUT2D eigenvalue weighted by atomic mass is 9.94. The number of anilines is 1. The summed E-state index contributed by atoms with van der Waals surface area (Å²) in [5.74, 6) is -3.66. The molecule has 2 aromatic carbocycles. The molecule has 24 heavy (non-hydrogen) atoms. The molecule has 8 heteroatoms. The van der Waals surface area contributed by atoms with Gasteiger partial charge >= 0.3 is 23.6 Å². The summed E-state index contributed by atoms with van der Waals surface area (Å²) in [5, 5.41) is 21.4. The Bertz CT molecular complexity index is 763. The number of carbonyl (C=O) groups is 3. The van der Waals surface area contributed by atoms with E-state index in [1.165, 1.54) is 36.4 Å². The molecule has 0 heterocycles. The molecule has 3 N–H and O–H groups in total. The zero-order valence-corrected chi connectivity index (χ0v) is 12.9. The van der Waals surface area contributed by atoms with Gasteiger partial charge in [-0.15, -0.1) is 0 Å². The van der Waals surface area contributed by atoms with Gasteiger partial charge in [0, 0.05) is 16.3 Å². The number of amides is 1. The number of carboxylic acid groups (broad SMARTS) is 2. The third-order valence-corrected chi connectivity index (χ3v) is 3.33. The van der Waals surface area contributed by atoms with Crippen molar-refractivity contribution in [2.24, 2.45) is 0 Å². The van der Waals surface area contributed by atoms with E-state index in [1.54, 1.807) is 18.2 Å². The number of halogens is 1. The molecule has 0 saturated heterocycles. The smallest absolute Gasteiger partial charge is 0.413 e. The average molecular weight is 350 g/mol. The summed E-state index contributed by atoms with van der Waals surface area (Å²) < 4.78 is 4.80. The summed E-state index contributed by atoms with van der Waals surface area (Å²) in [6, 6.07) is 12.9. The highest BCUT2D eigenvalue weighted by atomic mass is 35.5. The second-order valence-electron chi connectivity index (χ2n) is 4.68. The highest BCUT2D eigenvalue weighted by molar-refractivity contribution is 6.30. The van der Waals surface area contributed by atoms with E-state index < -0.39 is 23.6 Å². The van der Waals surface area contributed by atoms with Crippen LogP contribution in [0.25, 0.3) is 0 Å². The van der Waals surface area contributed by atoms with Crippen LogP contribution in [-0.2, 0) is 19.9 Å². The Morgan fingerprint density at radius 3 is 2.12 bits per heavy atom. The van der Waals surface area contributed by atoms with Gasteiger partial charge in [0.15, 0.2) is 0 Å². The molecule has 124 valence electrons. The molecule has 0 bridgehead atoms.